The summed E-state index contributed by atoms with van der Waals surface area (Å²) in [5.74, 6) is 2.74. The van der Waals surface area contributed by atoms with Gasteiger partial charge in [0.2, 0.25) is 0 Å². The van der Waals surface area contributed by atoms with Gasteiger partial charge >= 0.3 is 0 Å². The fourth-order valence-electron chi connectivity index (χ4n) is 3.12. The molecule has 0 saturated heterocycles. The normalized spacial score (nSPS) is 17.9. The highest BCUT2D eigenvalue weighted by Gasteiger charge is 2.29. The zero-order valence-electron chi connectivity index (χ0n) is 13.0. The van der Waals surface area contributed by atoms with Crippen LogP contribution < -0.4 is 10.2 Å². The summed E-state index contributed by atoms with van der Waals surface area (Å²) in [5.41, 5.74) is 3.74. The summed E-state index contributed by atoms with van der Waals surface area (Å²) in [5, 5.41) is 3.47. The van der Waals surface area contributed by atoms with Crippen LogP contribution in [0, 0.1) is 0 Å². The first-order valence-corrected chi connectivity index (χ1v) is 8.14. The van der Waals surface area contributed by atoms with Crippen molar-refractivity contribution >= 4 is 5.82 Å². The predicted molar refractivity (Wildman–Crippen MR) is 85.1 cm³/mol. The maximum absolute atomic E-state index is 5.19. The molecule has 2 aromatic rings. The zero-order chi connectivity index (χ0) is 14.9. The van der Waals surface area contributed by atoms with Gasteiger partial charge in [-0.25, -0.2) is 9.97 Å². The van der Waals surface area contributed by atoms with Crippen LogP contribution in [0.3, 0.4) is 0 Å². The molecule has 5 nitrogen and oxygen atoms in total. The van der Waals surface area contributed by atoms with Crippen molar-refractivity contribution in [3.63, 3.8) is 0 Å². The number of hydrogen-bond acceptors (Lipinski definition) is 5. The van der Waals surface area contributed by atoms with E-state index in [9.17, 15) is 0 Å². The number of furan rings is 1. The van der Waals surface area contributed by atoms with Gasteiger partial charge in [0.15, 0.2) is 0 Å². The Morgan fingerprint density at radius 2 is 2.14 bits per heavy atom. The van der Waals surface area contributed by atoms with E-state index in [1.54, 1.807) is 12.5 Å². The Hall–Kier alpha value is -1.88. The van der Waals surface area contributed by atoms with Gasteiger partial charge in [0, 0.05) is 43.6 Å². The summed E-state index contributed by atoms with van der Waals surface area (Å²) < 4.78 is 5.19. The van der Waals surface area contributed by atoms with Crippen molar-refractivity contribution in [3.8, 4) is 0 Å². The Morgan fingerprint density at radius 3 is 2.91 bits per heavy atom. The molecule has 22 heavy (non-hydrogen) atoms. The summed E-state index contributed by atoms with van der Waals surface area (Å²) >= 11 is 0. The number of rotatable bonds is 4. The van der Waals surface area contributed by atoms with E-state index in [0.29, 0.717) is 5.92 Å². The molecule has 0 atom stereocenters. The fourth-order valence-corrected chi connectivity index (χ4v) is 3.12. The fraction of sp³-hybridized carbons (Fsp3) is 0.529. The Labute approximate surface area is 130 Å². The van der Waals surface area contributed by atoms with Crippen LogP contribution in [0.2, 0.25) is 0 Å². The van der Waals surface area contributed by atoms with Gasteiger partial charge < -0.3 is 14.6 Å². The van der Waals surface area contributed by atoms with Crippen LogP contribution in [0.15, 0.2) is 23.0 Å². The Kier molecular flexibility index (Phi) is 3.58. The molecular weight excluding hydrogens is 276 g/mol. The highest BCUT2D eigenvalue weighted by molar-refractivity contribution is 5.50. The summed E-state index contributed by atoms with van der Waals surface area (Å²) in [4.78, 5) is 12.0. The molecule has 1 aliphatic carbocycles. The number of aromatic nitrogens is 2. The monoisotopic (exact) mass is 298 g/mol. The van der Waals surface area contributed by atoms with Crippen LogP contribution in [-0.2, 0) is 19.4 Å². The number of anilines is 1. The minimum Gasteiger partial charge on any atom is -0.472 e. The third-order valence-electron chi connectivity index (χ3n) is 4.48. The van der Waals surface area contributed by atoms with Crippen LogP contribution >= 0.6 is 0 Å². The second-order valence-corrected chi connectivity index (χ2v) is 6.34. The quantitative estimate of drug-likeness (QED) is 0.938. The van der Waals surface area contributed by atoms with Gasteiger partial charge in [0.05, 0.1) is 18.2 Å². The van der Waals surface area contributed by atoms with E-state index < -0.39 is 0 Å². The first kappa shape index (κ1) is 13.8. The van der Waals surface area contributed by atoms with E-state index in [1.807, 2.05) is 6.07 Å². The van der Waals surface area contributed by atoms with Crippen molar-refractivity contribution in [2.24, 2.45) is 0 Å². The molecule has 2 aromatic heterocycles. The summed E-state index contributed by atoms with van der Waals surface area (Å²) in [6, 6.07) is 2.01. The largest absolute Gasteiger partial charge is 0.472 e. The molecule has 3 heterocycles. The lowest BCUT2D eigenvalue weighted by molar-refractivity contribution is 0.563. The maximum atomic E-state index is 5.19. The van der Waals surface area contributed by atoms with Crippen LogP contribution in [0.5, 0.6) is 0 Å². The number of nitrogens with one attached hydrogen (secondary N) is 1. The molecule has 1 saturated carbocycles. The van der Waals surface area contributed by atoms with Crippen molar-refractivity contribution in [2.75, 3.05) is 25.0 Å². The number of nitrogens with zero attached hydrogens (tertiary/aromatic N) is 3. The average molecular weight is 298 g/mol. The van der Waals surface area contributed by atoms with Gasteiger partial charge in [-0.2, -0.15) is 0 Å². The van der Waals surface area contributed by atoms with E-state index in [2.05, 4.69) is 17.3 Å². The lowest BCUT2D eigenvalue weighted by Crippen LogP contribution is -2.22. The van der Waals surface area contributed by atoms with Crippen LogP contribution in [0.1, 0.15) is 41.4 Å². The minimum absolute atomic E-state index is 0.586. The van der Waals surface area contributed by atoms with E-state index in [0.717, 1.165) is 44.1 Å². The summed E-state index contributed by atoms with van der Waals surface area (Å²) in [7, 11) is 2.12. The van der Waals surface area contributed by atoms with Gasteiger partial charge in [0.1, 0.15) is 11.6 Å². The Morgan fingerprint density at radius 1 is 1.27 bits per heavy atom. The van der Waals surface area contributed by atoms with Gasteiger partial charge in [-0.1, -0.05) is 0 Å². The molecule has 1 aliphatic heterocycles. The van der Waals surface area contributed by atoms with E-state index in [-0.39, 0.29) is 0 Å². The first-order valence-electron chi connectivity index (χ1n) is 8.14. The first-order chi connectivity index (χ1) is 10.8. The molecule has 4 rings (SSSR count). The maximum Gasteiger partial charge on any atom is 0.135 e. The van der Waals surface area contributed by atoms with Crippen LogP contribution in [-0.4, -0.2) is 30.1 Å². The second-order valence-electron chi connectivity index (χ2n) is 6.34. The van der Waals surface area contributed by atoms with Crippen molar-refractivity contribution in [1.82, 2.24) is 15.3 Å². The van der Waals surface area contributed by atoms with Gasteiger partial charge in [-0.3, -0.25) is 0 Å². The second kappa shape index (κ2) is 5.72. The van der Waals surface area contributed by atoms with Crippen molar-refractivity contribution in [1.29, 1.82) is 0 Å². The number of fused-ring (bicyclic) bond motifs is 1. The van der Waals surface area contributed by atoms with E-state index in [1.165, 1.54) is 29.7 Å². The van der Waals surface area contributed by atoms with E-state index in [4.69, 9.17) is 14.4 Å². The molecule has 2 aliphatic rings. The van der Waals surface area contributed by atoms with Gasteiger partial charge in [0.25, 0.3) is 0 Å². The molecule has 1 fully saturated rings. The van der Waals surface area contributed by atoms with Crippen LogP contribution in [0.4, 0.5) is 5.82 Å². The molecule has 0 radical (unpaired) electrons. The zero-order valence-corrected chi connectivity index (χ0v) is 13.0. The van der Waals surface area contributed by atoms with Crippen LogP contribution in [0.25, 0.3) is 0 Å². The smallest absolute Gasteiger partial charge is 0.135 e. The van der Waals surface area contributed by atoms with Gasteiger partial charge in [-0.05, 0) is 31.9 Å². The van der Waals surface area contributed by atoms with Crippen molar-refractivity contribution in [3.05, 3.63) is 41.2 Å². The molecule has 5 heteroatoms. The third-order valence-corrected chi connectivity index (χ3v) is 4.48. The van der Waals surface area contributed by atoms with Crippen molar-refractivity contribution in [2.45, 2.75) is 38.1 Å². The lowest BCUT2D eigenvalue weighted by atomic mass is 10.1. The topological polar surface area (TPSA) is 54.2 Å². The third kappa shape index (κ3) is 2.73. The lowest BCUT2D eigenvalue weighted by Gasteiger charge is -2.22. The van der Waals surface area contributed by atoms with E-state index >= 15 is 0 Å². The molecule has 0 amide bonds. The minimum atomic E-state index is 0.586. The standard InChI is InChI=1S/C17H22N4O/c1-21(10-12-6-9-22-11-12)17-14-4-7-18-8-5-15(14)19-16(20-17)13-2-3-13/h6,9,11,13,18H,2-5,7-8,10H2,1H3. The molecule has 0 bridgehead atoms. The number of hydrogen-bond donors (Lipinski definition) is 1. The average Bonchev–Trinajstić information content (AvgIpc) is 3.29. The molecule has 0 aromatic carbocycles. The summed E-state index contributed by atoms with van der Waals surface area (Å²) in [6.45, 7) is 2.84. The SMILES string of the molecule is CN(Cc1ccoc1)c1nc(C2CC2)nc2c1CCNCC2. The molecule has 0 spiro atoms. The molecule has 116 valence electrons. The predicted octanol–water partition coefficient (Wildman–Crippen LogP) is 2.27. The Bertz CT molecular complexity index is 649. The molecular formula is C17H22N4O. The highest BCUT2D eigenvalue weighted by Crippen LogP contribution is 2.39. The molecule has 0 unspecified atom stereocenters. The van der Waals surface area contributed by atoms with Crippen molar-refractivity contribution < 1.29 is 4.42 Å². The van der Waals surface area contributed by atoms with Gasteiger partial charge in [-0.15, -0.1) is 0 Å². The highest BCUT2D eigenvalue weighted by atomic mass is 16.3. The summed E-state index contributed by atoms with van der Waals surface area (Å²) in [6.07, 6.45) is 8.02. The molecule has 1 N–H and O–H groups in total. The Balaban J connectivity index is 1.70.